The molecule has 0 aliphatic carbocycles. The third-order valence-corrected chi connectivity index (χ3v) is 1.91. The first-order chi connectivity index (χ1) is 6.88. The van der Waals surface area contributed by atoms with E-state index in [0.29, 0.717) is 0 Å². The summed E-state index contributed by atoms with van der Waals surface area (Å²) >= 11 is 0. The van der Waals surface area contributed by atoms with Gasteiger partial charge in [0.25, 0.3) is 0 Å². The van der Waals surface area contributed by atoms with Crippen molar-refractivity contribution in [2.45, 2.75) is 26.1 Å². The fraction of sp³-hybridized carbons (Fsp3) is 0.571. The summed E-state index contributed by atoms with van der Waals surface area (Å²) in [5.74, 6) is -2.22. The predicted octanol–water partition coefficient (Wildman–Crippen LogP) is 1.41. The highest BCUT2D eigenvalue weighted by atomic mass is 35.7. The summed E-state index contributed by atoms with van der Waals surface area (Å²) in [5, 5.41) is 7.57. The number of esters is 1. The van der Waals surface area contributed by atoms with Gasteiger partial charge >= 0.3 is 17.2 Å². The molecule has 0 bridgehead atoms. The van der Waals surface area contributed by atoms with Crippen LogP contribution in [0.4, 0.5) is 4.79 Å². The van der Waals surface area contributed by atoms with Crippen LogP contribution in [-0.2, 0) is 19.1 Å². The molecule has 0 spiro atoms. The maximum Gasteiger partial charge on any atom is 0.383 e. The van der Waals surface area contributed by atoms with Crippen molar-refractivity contribution in [1.82, 2.24) is 0 Å². The van der Waals surface area contributed by atoms with Gasteiger partial charge in [0.15, 0.2) is 12.2 Å². The number of carbonyl (C=O) groups excluding carboxylic acids is 2. The number of aliphatic carboxylic acids is 1. The van der Waals surface area contributed by atoms with E-state index in [0.717, 1.165) is 0 Å². The van der Waals surface area contributed by atoms with Crippen molar-refractivity contribution in [3.8, 4) is 0 Å². The van der Waals surface area contributed by atoms with Crippen molar-refractivity contribution in [2.24, 2.45) is 0 Å². The Balaban J connectivity index is 4.10. The first-order valence-corrected chi connectivity index (χ1v) is 5.45. The summed E-state index contributed by atoms with van der Waals surface area (Å²) in [6.45, 7) is 2.44. The maximum atomic E-state index is 11.1. The molecule has 15 heavy (non-hydrogen) atoms. The van der Waals surface area contributed by atoms with E-state index in [-0.39, 0.29) is 11.0 Å². The van der Waals surface area contributed by atoms with Crippen LogP contribution in [0.1, 0.15) is 13.8 Å². The summed E-state index contributed by atoms with van der Waals surface area (Å²) in [6.07, 6.45) is -2.48. The zero-order valence-electron chi connectivity index (χ0n) is 7.93. The minimum absolute atomic E-state index is 0.283. The summed E-state index contributed by atoms with van der Waals surface area (Å²) in [7, 11) is 5.34. The van der Waals surface area contributed by atoms with Crippen LogP contribution in [0.25, 0.3) is 0 Å². The summed E-state index contributed by atoms with van der Waals surface area (Å²) in [4.78, 5) is 32.1. The van der Waals surface area contributed by atoms with Gasteiger partial charge in [-0.3, -0.25) is 0 Å². The fourth-order valence-corrected chi connectivity index (χ4v) is 0.821. The molecule has 0 amide bonds. The first kappa shape index (κ1) is 14.1. The lowest BCUT2D eigenvalue weighted by atomic mass is 10.4. The molecular formula is C7H9ClO6S. The molecule has 2 atom stereocenters. The van der Waals surface area contributed by atoms with Crippen LogP contribution < -0.4 is 0 Å². The number of hydrogen-bond donors (Lipinski definition) is 1. The van der Waals surface area contributed by atoms with E-state index in [1.54, 1.807) is 0 Å². The Morgan fingerprint density at radius 1 is 1.20 bits per heavy atom. The van der Waals surface area contributed by atoms with Crippen molar-refractivity contribution >= 4 is 38.9 Å². The lowest BCUT2D eigenvalue weighted by Gasteiger charge is -2.13. The molecule has 1 N–H and O–H groups in total. The molecule has 0 radical (unpaired) electrons. The molecule has 86 valence electrons. The monoisotopic (exact) mass is 256 g/mol. The molecule has 0 fully saturated rings. The molecule has 6 nitrogen and oxygen atoms in total. The van der Waals surface area contributed by atoms with E-state index in [2.05, 4.69) is 9.47 Å². The van der Waals surface area contributed by atoms with Crippen molar-refractivity contribution in [2.75, 3.05) is 0 Å². The van der Waals surface area contributed by atoms with Gasteiger partial charge in [0, 0.05) is 0 Å². The molecule has 0 saturated carbocycles. The van der Waals surface area contributed by atoms with E-state index in [4.69, 9.17) is 15.8 Å². The van der Waals surface area contributed by atoms with Gasteiger partial charge < -0.3 is 14.6 Å². The van der Waals surface area contributed by atoms with E-state index in [9.17, 15) is 14.4 Å². The van der Waals surface area contributed by atoms with Gasteiger partial charge in [-0.25, -0.2) is 14.4 Å². The quantitative estimate of drug-likeness (QED) is 0.761. The van der Waals surface area contributed by atoms with Crippen molar-refractivity contribution in [1.29, 1.82) is 0 Å². The Kier molecular flexibility index (Phi) is 6.11. The first-order valence-electron chi connectivity index (χ1n) is 3.81. The van der Waals surface area contributed by atoms with Crippen LogP contribution in [0.5, 0.6) is 0 Å². The Morgan fingerprint density at radius 2 is 1.73 bits per heavy atom. The Labute approximate surface area is 94.4 Å². The molecule has 0 aliphatic heterocycles. The Morgan fingerprint density at radius 3 is 2.13 bits per heavy atom. The molecule has 0 aromatic rings. The number of halogens is 1. The van der Waals surface area contributed by atoms with E-state index in [1.165, 1.54) is 13.8 Å². The molecule has 0 aliphatic rings. The van der Waals surface area contributed by atoms with E-state index < -0.39 is 29.4 Å². The van der Waals surface area contributed by atoms with Crippen LogP contribution in [0.2, 0.25) is 0 Å². The van der Waals surface area contributed by atoms with Crippen molar-refractivity contribution in [3.05, 3.63) is 0 Å². The lowest BCUT2D eigenvalue weighted by molar-refractivity contribution is -0.167. The highest BCUT2D eigenvalue weighted by molar-refractivity contribution is 8.32. The lowest BCUT2D eigenvalue weighted by Crippen LogP contribution is -2.31. The van der Waals surface area contributed by atoms with Gasteiger partial charge in [0.2, 0.25) is 0 Å². The predicted molar refractivity (Wildman–Crippen MR) is 52.6 cm³/mol. The minimum Gasteiger partial charge on any atom is -0.479 e. The van der Waals surface area contributed by atoms with Crippen LogP contribution in [0.3, 0.4) is 0 Å². The highest BCUT2D eigenvalue weighted by Crippen LogP contribution is 2.12. The average Bonchev–Trinajstić information content (AvgIpc) is 2.16. The van der Waals surface area contributed by atoms with Gasteiger partial charge in [0.1, 0.15) is 0 Å². The van der Waals surface area contributed by atoms with Crippen LogP contribution in [0.15, 0.2) is 0 Å². The number of hydrogen-bond acceptors (Lipinski definition) is 6. The zero-order chi connectivity index (χ0) is 12.0. The minimum atomic E-state index is -1.29. The van der Waals surface area contributed by atoms with Crippen LogP contribution in [0, 0.1) is 0 Å². The number of ether oxygens (including phenoxy) is 2. The molecule has 2 unspecified atom stereocenters. The molecular weight excluding hydrogens is 248 g/mol. The highest BCUT2D eigenvalue weighted by Gasteiger charge is 2.24. The number of carboxylic acids is 1. The number of carbonyl (C=O) groups is 3. The molecule has 0 rings (SSSR count). The van der Waals surface area contributed by atoms with Crippen molar-refractivity contribution < 1.29 is 29.0 Å². The SMILES string of the molecule is CC(OC(=O)C(C)OC(=O)SCl)C(=O)O. The third kappa shape index (κ3) is 5.48. The molecule has 0 aromatic heterocycles. The van der Waals surface area contributed by atoms with E-state index >= 15 is 0 Å². The Bertz CT molecular complexity index is 268. The second kappa shape index (κ2) is 6.52. The van der Waals surface area contributed by atoms with Gasteiger partial charge in [-0.1, -0.05) is 0 Å². The number of rotatable bonds is 4. The fourth-order valence-electron chi connectivity index (χ4n) is 0.531. The molecule has 0 heterocycles. The molecule has 8 heteroatoms. The van der Waals surface area contributed by atoms with Gasteiger partial charge in [-0.2, -0.15) is 0 Å². The summed E-state index contributed by atoms with van der Waals surface area (Å²) in [5.41, 5.74) is 0. The summed E-state index contributed by atoms with van der Waals surface area (Å²) in [6, 6.07) is 0. The molecule has 0 aromatic carbocycles. The van der Waals surface area contributed by atoms with Crippen molar-refractivity contribution in [3.63, 3.8) is 0 Å². The van der Waals surface area contributed by atoms with Gasteiger partial charge in [-0.15, -0.1) is 0 Å². The maximum absolute atomic E-state index is 11.1. The largest absolute Gasteiger partial charge is 0.479 e. The van der Waals surface area contributed by atoms with Gasteiger partial charge in [-0.05, 0) is 24.5 Å². The van der Waals surface area contributed by atoms with E-state index in [1.807, 2.05) is 0 Å². The molecule has 0 saturated heterocycles. The van der Waals surface area contributed by atoms with Gasteiger partial charge in [0.05, 0.1) is 11.0 Å². The average molecular weight is 257 g/mol. The topological polar surface area (TPSA) is 89.9 Å². The number of carboxylic acid groups (broad SMARTS) is 1. The standard InChI is InChI=1S/C7H9ClO6S/c1-3(5(9)10)13-6(11)4(2)14-7(12)15-8/h3-4H,1-2H3,(H,9,10). The second-order valence-corrected chi connectivity index (χ2v) is 3.46. The second-order valence-electron chi connectivity index (χ2n) is 2.50. The Hall–Kier alpha value is -0.950. The van der Waals surface area contributed by atoms with Crippen LogP contribution in [-0.4, -0.2) is 34.6 Å². The normalized spacial score (nSPS) is 13.8. The zero-order valence-corrected chi connectivity index (χ0v) is 9.50. The van der Waals surface area contributed by atoms with Crippen LogP contribution >= 0.6 is 21.7 Å². The smallest absolute Gasteiger partial charge is 0.383 e. The third-order valence-electron chi connectivity index (χ3n) is 1.31. The summed E-state index contributed by atoms with van der Waals surface area (Å²) < 4.78 is 8.92.